The molecule has 4 aromatic rings. The Labute approximate surface area is 258 Å². The quantitative estimate of drug-likeness (QED) is 0.223. The summed E-state index contributed by atoms with van der Waals surface area (Å²) in [6.45, 7) is 3.03. The number of carbonyl (C=O) groups is 2. The Morgan fingerprint density at radius 3 is 2.07 bits per heavy atom. The van der Waals surface area contributed by atoms with Gasteiger partial charge in [0.1, 0.15) is 24.2 Å². The highest BCUT2D eigenvalue weighted by molar-refractivity contribution is 7.92. The van der Waals surface area contributed by atoms with Gasteiger partial charge in [-0.3, -0.25) is 13.9 Å². The molecular weight excluding hydrogens is 581 g/mol. The lowest BCUT2D eigenvalue weighted by Crippen LogP contribution is -2.54. The van der Waals surface area contributed by atoms with E-state index in [4.69, 9.17) is 4.74 Å². The predicted octanol–water partition coefficient (Wildman–Crippen LogP) is 5.19. The number of benzene rings is 4. The molecule has 2 amide bonds. The number of sulfonamides is 1. The van der Waals surface area contributed by atoms with Crippen LogP contribution in [0.3, 0.4) is 0 Å². The van der Waals surface area contributed by atoms with E-state index in [-0.39, 0.29) is 35.5 Å². The Morgan fingerprint density at radius 2 is 1.45 bits per heavy atom. The van der Waals surface area contributed by atoms with Crippen molar-refractivity contribution in [3.8, 4) is 5.75 Å². The molecule has 44 heavy (non-hydrogen) atoms. The van der Waals surface area contributed by atoms with Gasteiger partial charge >= 0.3 is 0 Å². The molecule has 0 saturated carbocycles. The van der Waals surface area contributed by atoms with Gasteiger partial charge in [-0.1, -0.05) is 60.7 Å². The second kappa shape index (κ2) is 14.7. The summed E-state index contributed by atoms with van der Waals surface area (Å²) in [5.74, 6) is -0.971. The van der Waals surface area contributed by atoms with Crippen LogP contribution >= 0.6 is 0 Å². The topological polar surface area (TPSA) is 96.0 Å². The summed E-state index contributed by atoms with van der Waals surface area (Å²) in [4.78, 5) is 29.5. The van der Waals surface area contributed by atoms with Gasteiger partial charge in [-0.15, -0.1) is 0 Å². The van der Waals surface area contributed by atoms with Crippen molar-refractivity contribution < 1.29 is 27.1 Å². The van der Waals surface area contributed by atoms with E-state index in [0.717, 1.165) is 22.0 Å². The summed E-state index contributed by atoms with van der Waals surface area (Å²) < 4.78 is 48.0. The minimum absolute atomic E-state index is 0.00168. The summed E-state index contributed by atoms with van der Waals surface area (Å²) in [6, 6.07) is 27.8. The molecular formula is C34H36FN3O5S. The fourth-order valence-electron chi connectivity index (χ4n) is 4.76. The van der Waals surface area contributed by atoms with Gasteiger partial charge in [0.25, 0.3) is 10.0 Å². The van der Waals surface area contributed by atoms with Gasteiger partial charge in [0, 0.05) is 19.0 Å². The van der Waals surface area contributed by atoms with Gasteiger partial charge in [0.2, 0.25) is 11.8 Å². The van der Waals surface area contributed by atoms with Crippen LogP contribution in [-0.2, 0) is 32.6 Å². The zero-order valence-electron chi connectivity index (χ0n) is 24.9. The van der Waals surface area contributed by atoms with Gasteiger partial charge in [-0.25, -0.2) is 12.8 Å². The molecule has 1 atom stereocenters. The standard InChI is InChI=1S/C34H36FN3O5S/c1-25(2)36-34(40)32(22-26-11-6-4-7-12-26)37(23-27-13-10-14-30(21-27)43-3)33(39)24-38(29-19-17-28(35)18-20-29)44(41,42)31-15-8-5-9-16-31/h4-21,25,32H,22-24H2,1-3H3,(H,36,40)/t32-/m1/s1. The van der Waals surface area contributed by atoms with E-state index in [1.54, 1.807) is 42.5 Å². The highest BCUT2D eigenvalue weighted by atomic mass is 32.2. The van der Waals surface area contributed by atoms with Crippen molar-refractivity contribution in [1.82, 2.24) is 10.2 Å². The zero-order valence-corrected chi connectivity index (χ0v) is 25.7. The van der Waals surface area contributed by atoms with Crippen molar-refractivity contribution in [3.63, 3.8) is 0 Å². The van der Waals surface area contributed by atoms with Gasteiger partial charge in [-0.05, 0) is 73.5 Å². The van der Waals surface area contributed by atoms with Gasteiger partial charge < -0.3 is 15.0 Å². The van der Waals surface area contributed by atoms with Crippen LogP contribution in [0, 0.1) is 5.82 Å². The first kappa shape index (κ1) is 32.2. The number of nitrogens with one attached hydrogen (secondary N) is 1. The van der Waals surface area contributed by atoms with E-state index < -0.39 is 34.3 Å². The lowest BCUT2D eigenvalue weighted by molar-refractivity contribution is -0.140. The van der Waals surface area contributed by atoms with Crippen LogP contribution in [0.2, 0.25) is 0 Å². The van der Waals surface area contributed by atoms with Crippen LogP contribution in [0.5, 0.6) is 5.75 Å². The Kier molecular flexibility index (Phi) is 10.7. The monoisotopic (exact) mass is 617 g/mol. The van der Waals surface area contributed by atoms with Crippen molar-refractivity contribution in [1.29, 1.82) is 0 Å². The number of ether oxygens (including phenoxy) is 1. The number of methoxy groups -OCH3 is 1. The maximum absolute atomic E-state index is 14.4. The second-order valence-electron chi connectivity index (χ2n) is 10.5. The van der Waals surface area contributed by atoms with Crippen LogP contribution in [0.25, 0.3) is 0 Å². The number of anilines is 1. The van der Waals surface area contributed by atoms with Gasteiger partial charge in [-0.2, -0.15) is 0 Å². The van der Waals surface area contributed by atoms with Crippen LogP contribution in [0.4, 0.5) is 10.1 Å². The number of rotatable bonds is 13. The van der Waals surface area contributed by atoms with E-state index >= 15 is 0 Å². The molecule has 0 saturated heterocycles. The predicted molar refractivity (Wildman–Crippen MR) is 168 cm³/mol. The molecule has 0 aromatic heterocycles. The van der Waals surface area contributed by atoms with E-state index in [9.17, 15) is 22.4 Å². The summed E-state index contributed by atoms with van der Waals surface area (Å²) in [5, 5.41) is 2.92. The van der Waals surface area contributed by atoms with Crippen molar-refractivity contribution in [2.75, 3.05) is 18.0 Å². The van der Waals surface area contributed by atoms with Gasteiger partial charge in [0.05, 0.1) is 17.7 Å². The fourth-order valence-corrected chi connectivity index (χ4v) is 6.19. The summed E-state index contributed by atoms with van der Waals surface area (Å²) in [6.07, 6.45) is 0.192. The summed E-state index contributed by atoms with van der Waals surface area (Å²) in [7, 11) is -2.73. The molecule has 1 N–H and O–H groups in total. The molecule has 4 rings (SSSR count). The first-order valence-corrected chi connectivity index (χ1v) is 15.6. The molecule has 0 spiro atoms. The number of hydrogen-bond donors (Lipinski definition) is 1. The zero-order chi connectivity index (χ0) is 31.7. The number of hydrogen-bond acceptors (Lipinski definition) is 5. The molecule has 4 aromatic carbocycles. The second-order valence-corrected chi connectivity index (χ2v) is 12.4. The Morgan fingerprint density at radius 1 is 0.841 bits per heavy atom. The molecule has 0 heterocycles. The fraction of sp³-hybridized carbons (Fsp3) is 0.235. The molecule has 0 radical (unpaired) electrons. The van der Waals surface area contributed by atoms with E-state index in [1.807, 2.05) is 44.2 Å². The number of carbonyl (C=O) groups excluding carboxylic acids is 2. The van der Waals surface area contributed by atoms with Crippen LogP contribution in [0.1, 0.15) is 25.0 Å². The third-order valence-corrected chi connectivity index (χ3v) is 8.70. The van der Waals surface area contributed by atoms with Gasteiger partial charge in [0.15, 0.2) is 0 Å². The molecule has 0 aliphatic carbocycles. The number of halogens is 1. The normalized spacial score (nSPS) is 11.9. The number of nitrogens with zero attached hydrogens (tertiary/aromatic N) is 2. The van der Waals surface area contributed by atoms with Crippen LogP contribution < -0.4 is 14.4 Å². The average Bonchev–Trinajstić information content (AvgIpc) is 3.02. The maximum atomic E-state index is 14.4. The molecule has 0 aliphatic heterocycles. The molecule has 10 heteroatoms. The number of amides is 2. The average molecular weight is 618 g/mol. The maximum Gasteiger partial charge on any atom is 0.264 e. The minimum atomic E-state index is -4.26. The van der Waals surface area contributed by atoms with Crippen molar-refractivity contribution >= 4 is 27.5 Å². The van der Waals surface area contributed by atoms with E-state index in [0.29, 0.717) is 11.3 Å². The SMILES string of the molecule is COc1cccc(CN(C(=O)CN(c2ccc(F)cc2)S(=O)(=O)c2ccccc2)[C@H](Cc2ccccc2)C(=O)NC(C)C)c1. The lowest BCUT2D eigenvalue weighted by atomic mass is 10.0. The highest BCUT2D eigenvalue weighted by Gasteiger charge is 2.34. The Bertz CT molecular complexity index is 1650. The summed E-state index contributed by atoms with van der Waals surface area (Å²) in [5.41, 5.74) is 1.62. The molecule has 0 fully saturated rings. The Hall–Kier alpha value is -4.70. The van der Waals surface area contributed by atoms with E-state index in [1.165, 1.54) is 36.3 Å². The molecule has 230 valence electrons. The smallest absolute Gasteiger partial charge is 0.264 e. The molecule has 0 unspecified atom stereocenters. The molecule has 0 aliphatic rings. The van der Waals surface area contributed by atoms with Crippen molar-refractivity contribution in [2.45, 2.75) is 43.8 Å². The first-order valence-electron chi connectivity index (χ1n) is 14.2. The molecule has 8 nitrogen and oxygen atoms in total. The third kappa shape index (κ3) is 8.23. The third-order valence-electron chi connectivity index (χ3n) is 6.91. The molecule has 0 bridgehead atoms. The Balaban J connectivity index is 1.80. The van der Waals surface area contributed by atoms with Crippen molar-refractivity contribution in [3.05, 3.63) is 126 Å². The van der Waals surface area contributed by atoms with Crippen molar-refractivity contribution in [2.24, 2.45) is 0 Å². The summed E-state index contributed by atoms with van der Waals surface area (Å²) >= 11 is 0. The first-order chi connectivity index (χ1) is 21.1. The largest absolute Gasteiger partial charge is 0.497 e. The lowest BCUT2D eigenvalue weighted by Gasteiger charge is -2.34. The highest BCUT2D eigenvalue weighted by Crippen LogP contribution is 2.26. The minimum Gasteiger partial charge on any atom is -0.497 e. The van der Waals surface area contributed by atoms with Crippen LogP contribution in [-0.4, -0.2) is 50.9 Å². The van der Waals surface area contributed by atoms with E-state index in [2.05, 4.69) is 5.32 Å². The van der Waals surface area contributed by atoms with Crippen LogP contribution in [0.15, 0.2) is 114 Å².